The summed E-state index contributed by atoms with van der Waals surface area (Å²) in [5, 5.41) is 5.55. The molecule has 0 aliphatic rings. The number of nitrogens with one attached hydrogen (secondary N) is 2. The molecule has 3 nitrogen and oxygen atoms in total. The van der Waals surface area contributed by atoms with Crippen molar-refractivity contribution in [3.8, 4) is 0 Å². The largest absolute Gasteiger partial charge is 0.358 e. The van der Waals surface area contributed by atoms with Crippen LogP contribution >= 0.6 is 0 Å². The van der Waals surface area contributed by atoms with Gasteiger partial charge >= 0.3 is 0 Å². The van der Waals surface area contributed by atoms with Crippen molar-refractivity contribution in [2.45, 2.75) is 19.4 Å². The Kier molecular flexibility index (Phi) is 4.92. The lowest BCUT2D eigenvalue weighted by Gasteiger charge is -2.13. The number of halogens is 1. The number of benzene rings is 1. The summed E-state index contributed by atoms with van der Waals surface area (Å²) in [6.45, 7) is 2.18. The van der Waals surface area contributed by atoms with Crippen LogP contribution in [0.3, 0.4) is 0 Å². The van der Waals surface area contributed by atoms with E-state index < -0.39 is 0 Å². The predicted molar refractivity (Wildman–Crippen MR) is 61.6 cm³/mol. The third-order valence-corrected chi connectivity index (χ3v) is 2.37. The Labute approximate surface area is 95.0 Å². The molecule has 4 heteroatoms. The summed E-state index contributed by atoms with van der Waals surface area (Å²) in [6, 6.07) is 6.74. The second kappa shape index (κ2) is 6.23. The normalized spacial score (nSPS) is 12.2. The fourth-order valence-corrected chi connectivity index (χ4v) is 1.42. The highest BCUT2D eigenvalue weighted by Crippen LogP contribution is 2.08. The van der Waals surface area contributed by atoms with Crippen molar-refractivity contribution in [3.63, 3.8) is 0 Å². The molecule has 1 atom stereocenters. The molecule has 0 aliphatic carbocycles. The van der Waals surface area contributed by atoms with E-state index in [1.54, 1.807) is 19.2 Å². The minimum absolute atomic E-state index is 0.0641. The Morgan fingerprint density at radius 2 is 2.12 bits per heavy atom. The quantitative estimate of drug-likeness (QED) is 0.786. The molecule has 0 aliphatic heterocycles. The maximum absolute atomic E-state index is 13.3. The molecule has 0 saturated heterocycles. The van der Waals surface area contributed by atoms with E-state index in [0.717, 1.165) is 0 Å². The molecular formula is C12H17FN2O. The van der Waals surface area contributed by atoms with Crippen LogP contribution in [0.4, 0.5) is 4.39 Å². The predicted octanol–water partition coefficient (Wildman–Crippen LogP) is 1.09. The summed E-state index contributed by atoms with van der Waals surface area (Å²) < 4.78 is 13.3. The molecule has 1 aromatic carbocycles. The summed E-state index contributed by atoms with van der Waals surface area (Å²) in [5.74, 6) is -0.267. The fourth-order valence-electron chi connectivity index (χ4n) is 1.42. The van der Waals surface area contributed by atoms with E-state index in [1.165, 1.54) is 6.07 Å². The van der Waals surface area contributed by atoms with Crippen LogP contribution in [0.1, 0.15) is 12.5 Å². The van der Waals surface area contributed by atoms with Gasteiger partial charge in [0.15, 0.2) is 0 Å². The van der Waals surface area contributed by atoms with Crippen LogP contribution in [0.15, 0.2) is 24.3 Å². The van der Waals surface area contributed by atoms with Crippen molar-refractivity contribution < 1.29 is 9.18 Å². The molecule has 0 saturated carbocycles. The topological polar surface area (TPSA) is 41.1 Å². The van der Waals surface area contributed by atoms with Gasteiger partial charge in [-0.3, -0.25) is 4.79 Å². The molecule has 1 aromatic rings. The lowest BCUT2D eigenvalue weighted by atomic mass is 10.1. The maximum Gasteiger partial charge on any atom is 0.233 e. The van der Waals surface area contributed by atoms with E-state index in [9.17, 15) is 9.18 Å². The van der Waals surface area contributed by atoms with Gasteiger partial charge in [0.2, 0.25) is 5.91 Å². The SMILES string of the molecule is CNC(=O)CNC(C)Cc1ccccc1F. The third-order valence-electron chi connectivity index (χ3n) is 2.37. The molecule has 16 heavy (non-hydrogen) atoms. The lowest BCUT2D eigenvalue weighted by Crippen LogP contribution is -2.37. The van der Waals surface area contributed by atoms with Gasteiger partial charge in [-0.05, 0) is 25.0 Å². The first-order valence-corrected chi connectivity index (χ1v) is 5.31. The summed E-state index contributed by atoms with van der Waals surface area (Å²) in [6.07, 6.45) is 0.573. The van der Waals surface area contributed by atoms with Crippen LogP contribution in [0.25, 0.3) is 0 Å². The van der Waals surface area contributed by atoms with Crippen molar-refractivity contribution in [2.75, 3.05) is 13.6 Å². The average molecular weight is 224 g/mol. The van der Waals surface area contributed by atoms with Gasteiger partial charge in [0.05, 0.1) is 6.54 Å². The van der Waals surface area contributed by atoms with Gasteiger partial charge in [-0.15, -0.1) is 0 Å². The molecule has 0 spiro atoms. The van der Waals surface area contributed by atoms with E-state index in [0.29, 0.717) is 12.0 Å². The van der Waals surface area contributed by atoms with E-state index in [-0.39, 0.29) is 24.3 Å². The van der Waals surface area contributed by atoms with E-state index in [4.69, 9.17) is 0 Å². The van der Waals surface area contributed by atoms with Gasteiger partial charge in [-0.2, -0.15) is 0 Å². The van der Waals surface area contributed by atoms with E-state index in [1.807, 2.05) is 13.0 Å². The first-order chi connectivity index (χ1) is 7.63. The zero-order valence-corrected chi connectivity index (χ0v) is 9.59. The number of amides is 1. The number of likely N-dealkylation sites (N-methyl/N-ethyl adjacent to an activating group) is 1. The second-order valence-corrected chi connectivity index (χ2v) is 3.75. The van der Waals surface area contributed by atoms with Gasteiger partial charge in [0, 0.05) is 13.1 Å². The summed E-state index contributed by atoms with van der Waals surface area (Å²) in [4.78, 5) is 11.0. The molecule has 0 bridgehead atoms. The van der Waals surface area contributed by atoms with Crippen molar-refractivity contribution in [1.82, 2.24) is 10.6 Å². The van der Waals surface area contributed by atoms with Gasteiger partial charge in [0.1, 0.15) is 5.82 Å². The highest BCUT2D eigenvalue weighted by Gasteiger charge is 2.07. The smallest absolute Gasteiger partial charge is 0.233 e. The second-order valence-electron chi connectivity index (χ2n) is 3.75. The zero-order chi connectivity index (χ0) is 12.0. The third kappa shape index (κ3) is 3.98. The van der Waals surface area contributed by atoms with E-state index in [2.05, 4.69) is 10.6 Å². The molecule has 88 valence electrons. The summed E-state index contributed by atoms with van der Waals surface area (Å²) in [7, 11) is 1.59. The number of hydrogen-bond donors (Lipinski definition) is 2. The molecule has 1 rings (SSSR count). The molecule has 0 radical (unpaired) electrons. The Hall–Kier alpha value is -1.42. The highest BCUT2D eigenvalue weighted by atomic mass is 19.1. The van der Waals surface area contributed by atoms with Crippen molar-refractivity contribution in [1.29, 1.82) is 0 Å². The van der Waals surface area contributed by atoms with Crippen molar-refractivity contribution in [2.24, 2.45) is 0 Å². The van der Waals surface area contributed by atoms with Crippen LogP contribution < -0.4 is 10.6 Å². The zero-order valence-electron chi connectivity index (χ0n) is 9.59. The van der Waals surface area contributed by atoms with Crippen LogP contribution in [0.5, 0.6) is 0 Å². The summed E-state index contributed by atoms with van der Waals surface area (Å²) >= 11 is 0. The maximum atomic E-state index is 13.3. The average Bonchev–Trinajstić information content (AvgIpc) is 2.29. The molecule has 0 heterocycles. The number of hydrogen-bond acceptors (Lipinski definition) is 2. The molecule has 1 amide bonds. The highest BCUT2D eigenvalue weighted by molar-refractivity contribution is 5.77. The van der Waals surface area contributed by atoms with Crippen LogP contribution in [-0.4, -0.2) is 25.5 Å². The molecule has 0 aromatic heterocycles. The first-order valence-electron chi connectivity index (χ1n) is 5.31. The Morgan fingerprint density at radius 3 is 2.75 bits per heavy atom. The summed E-state index contributed by atoms with van der Waals surface area (Å²) in [5.41, 5.74) is 0.666. The molecule has 2 N–H and O–H groups in total. The van der Waals surface area contributed by atoms with Gasteiger partial charge in [-0.25, -0.2) is 4.39 Å². The van der Waals surface area contributed by atoms with Crippen molar-refractivity contribution in [3.05, 3.63) is 35.6 Å². The van der Waals surface area contributed by atoms with Crippen LogP contribution in [-0.2, 0) is 11.2 Å². The Balaban J connectivity index is 2.43. The van der Waals surface area contributed by atoms with Gasteiger partial charge in [0.25, 0.3) is 0 Å². The minimum atomic E-state index is -0.198. The molecular weight excluding hydrogens is 207 g/mol. The molecule has 0 fully saturated rings. The Morgan fingerprint density at radius 1 is 1.44 bits per heavy atom. The number of carbonyl (C=O) groups is 1. The standard InChI is InChI=1S/C12H17FN2O/c1-9(15-8-12(16)14-2)7-10-5-3-4-6-11(10)13/h3-6,9,15H,7-8H2,1-2H3,(H,14,16). The van der Waals surface area contributed by atoms with Crippen molar-refractivity contribution >= 4 is 5.91 Å². The monoisotopic (exact) mass is 224 g/mol. The lowest BCUT2D eigenvalue weighted by molar-refractivity contribution is -0.119. The van der Waals surface area contributed by atoms with Crippen LogP contribution in [0.2, 0.25) is 0 Å². The molecule has 1 unspecified atom stereocenters. The number of carbonyl (C=O) groups excluding carboxylic acids is 1. The van der Waals surface area contributed by atoms with Crippen LogP contribution in [0, 0.1) is 5.82 Å². The van der Waals surface area contributed by atoms with E-state index >= 15 is 0 Å². The minimum Gasteiger partial charge on any atom is -0.358 e. The van der Waals surface area contributed by atoms with Gasteiger partial charge < -0.3 is 10.6 Å². The first kappa shape index (κ1) is 12.6. The Bertz CT molecular complexity index is 355. The fraction of sp³-hybridized carbons (Fsp3) is 0.417. The van der Waals surface area contributed by atoms with Gasteiger partial charge in [-0.1, -0.05) is 18.2 Å². The number of rotatable bonds is 5.